The van der Waals surface area contributed by atoms with Gasteiger partial charge in [0.05, 0.1) is 6.61 Å². The molecule has 146 valence electrons. The van der Waals surface area contributed by atoms with Crippen molar-refractivity contribution in [2.45, 2.75) is 12.8 Å². The van der Waals surface area contributed by atoms with Gasteiger partial charge in [-0.05, 0) is 30.2 Å². The second-order valence-corrected chi connectivity index (χ2v) is 5.81. The molecule has 27 heavy (non-hydrogen) atoms. The van der Waals surface area contributed by atoms with Crippen molar-refractivity contribution in [3.63, 3.8) is 0 Å². The zero-order valence-electron chi connectivity index (χ0n) is 15.6. The Morgan fingerprint density at radius 2 is 1.93 bits per heavy atom. The number of benzene rings is 2. The van der Waals surface area contributed by atoms with Gasteiger partial charge in [-0.2, -0.15) is 0 Å². The van der Waals surface area contributed by atoms with Crippen LogP contribution in [0.3, 0.4) is 0 Å². The second-order valence-electron chi connectivity index (χ2n) is 5.81. The minimum Gasteiger partial charge on any atom is -0.493 e. The predicted octanol–water partition coefficient (Wildman–Crippen LogP) is 3.61. The summed E-state index contributed by atoms with van der Waals surface area (Å²) in [5, 5.41) is 6.23. The summed E-state index contributed by atoms with van der Waals surface area (Å²) in [6.07, 6.45) is 1.15. The minimum atomic E-state index is -0.836. The van der Waals surface area contributed by atoms with Gasteiger partial charge in [0.25, 0.3) is 0 Å². The molecule has 0 amide bonds. The first-order valence-corrected chi connectivity index (χ1v) is 8.76. The van der Waals surface area contributed by atoms with Crippen LogP contribution >= 0.6 is 0 Å². The lowest BCUT2D eigenvalue weighted by atomic mass is 10.1. The Bertz CT molecular complexity index is 754. The number of hydrogen-bond donors (Lipinski definition) is 2. The van der Waals surface area contributed by atoms with Gasteiger partial charge in [0.1, 0.15) is 5.75 Å². The van der Waals surface area contributed by atoms with E-state index in [1.54, 1.807) is 20.2 Å². The van der Waals surface area contributed by atoms with E-state index in [4.69, 9.17) is 9.47 Å². The minimum absolute atomic E-state index is 0.324. The molecule has 5 nitrogen and oxygen atoms in total. The zero-order chi connectivity index (χ0) is 19.5. The highest BCUT2D eigenvalue weighted by Crippen LogP contribution is 2.17. The van der Waals surface area contributed by atoms with Crippen LogP contribution in [-0.4, -0.2) is 39.9 Å². The number of nitrogens with one attached hydrogen (secondary N) is 2. The average Bonchev–Trinajstić information content (AvgIpc) is 2.68. The quantitative estimate of drug-likeness (QED) is 0.398. The van der Waals surface area contributed by atoms with Gasteiger partial charge < -0.3 is 20.1 Å². The number of guanidine groups is 1. The molecule has 0 saturated carbocycles. The number of hydrogen-bond acceptors (Lipinski definition) is 3. The fraction of sp³-hybridized carbons (Fsp3) is 0.350. The zero-order valence-corrected chi connectivity index (χ0v) is 15.6. The van der Waals surface area contributed by atoms with Gasteiger partial charge in [0.2, 0.25) is 0 Å². The molecule has 0 bridgehead atoms. The van der Waals surface area contributed by atoms with Crippen LogP contribution in [0.1, 0.15) is 12.0 Å². The Labute approximate surface area is 158 Å². The summed E-state index contributed by atoms with van der Waals surface area (Å²) in [6.45, 7) is 1.64. The van der Waals surface area contributed by atoms with E-state index in [1.807, 2.05) is 24.3 Å². The van der Waals surface area contributed by atoms with E-state index in [2.05, 4.69) is 15.6 Å². The SMILES string of the molecule is CN=C(NCCc1cccc(F)c1F)Nc1cccc(OCCCOC)c1. The molecule has 0 aliphatic carbocycles. The summed E-state index contributed by atoms with van der Waals surface area (Å²) >= 11 is 0. The molecule has 2 aromatic rings. The van der Waals surface area contributed by atoms with Crippen molar-refractivity contribution in [2.24, 2.45) is 4.99 Å². The lowest BCUT2D eigenvalue weighted by Crippen LogP contribution is -2.32. The smallest absolute Gasteiger partial charge is 0.195 e. The number of halogens is 2. The molecule has 0 saturated heterocycles. The normalized spacial score (nSPS) is 11.3. The molecule has 0 spiro atoms. The van der Waals surface area contributed by atoms with Gasteiger partial charge in [0, 0.05) is 45.5 Å². The molecular weight excluding hydrogens is 352 g/mol. The Hall–Kier alpha value is -2.67. The van der Waals surface area contributed by atoms with E-state index >= 15 is 0 Å². The first-order chi connectivity index (χ1) is 13.1. The van der Waals surface area contributed by atoms with Crippen LogP contribution in [-0.2, 0) is 11.2 Å². The van der Waals surface area contributed by atoms with Crippen LogP contribution in [0.15, 0.2) is 47.5 Å². The Morgan fingerprint density at radius 3 is 2.70 bits per heavy atom. The second kappa shape index (κ2) is 11.1. The Balaban J connectivity index is 1.85. The van der Waals surface area contributed by atoms with Crippen LogP contribution in [0.5, 0.6) is 5.75 Å². The average molecular weight is 377 g/mol. The number of nitrogens with zero attached hydrogens (tertiary/aromatic N) is 1. The first-order valence-electron chi connectivity index (χ1n) is 8.76. The summed E-state index contributed by atoms with van der Waals surface area (Å²) in [5.74, 6) is -0.366. The maximum Gasteiger partial charge on any atom is 0.195 e. The molecule has 7 heteroatoms. The molecule has 0 atom stereocenters. The van der Waals surface area contributed by atoms with E-state index < -0.39 is 11.6 Å². The van der Waals surface area contributed by atoms with Crippen molar-refractivity contribution in [1.82, 2.24) is 5.32 Å². The maximum atomic E-state index is 13.7. The van der Waals surface area contributed by atoms with Gasteiger partial charge in [-0.3, -0.25) is 4.99 Å². The number of anilines is 1. The molecule has 2 rings (SSSR count). The van der Waals surface area contributed by atoms with Crippen LogP contribution in [0.4, 0.5) is 14.5 Å². The van der Waals surface area contributed by atoms with Gasteiger partial charge in [-0.1, -0.05) is 18.2 Å². The van der Waals surface area contributed by atoms with Crippen molar-refractivity contribution >= 4 is 11.6 Å². The highest BCUT2D eigenvalue weighted by atomic mass is 19.2. The van der Waals surface area contributed by atoms with Crippen molar-refractivity contribution in [3.05, 3.63) is 59.7 Å². The first kappa shape index (κ1) is 20.6. The molecule has 2 N–H and O–H groups in total. The standard InChI is InChI=1S/C20H25F2N3O2/c1-23-20(24-11-10-15-6-3-9-18(21)19(15)22)25-16-7-4-8-17(14-16)27-13-5-12-26-2/h3-4,6-9,14H,5,10-13H2,1-2H3,(H2,23,24,25). The topological polar surface area (TPSA) is 54.9 Å². The Morgan fingerprint density at radius 1 is 1.11 bits per heavy atom. The van der Waals surface area contributed by atoms with Crippen molar-refractivity contribution in [2.75, 3.05) is 39.2 Å². The molecule has 0 aliphatic rings. The highest BCUT2D eigenvalue weighted by molar-refractivity contribution is 5.93. The van der Waals surface area contributed by atoms with E-state index in [1.165, 1.54) is 6.07 Å². The van der Waals surface area contributed by atoms with Gasteiger partial charge in [0.15, 0.2) is 17.6 Å². The molecular formula is C20H25F2N3O2. The molecule has 0 radical (unpaired) electrons. The monoisotopic (exact) mass is 377 g/mol. The lowest BCUT2D eigenvalue weighted by molar-refractivity contribution is 0.172. The largest absolute Gasteiger partial charge is 0.493 e. The Kier molecular flexibility index (Phi) is 8.51. The molecule has 0 heterocycles. The lowest BCUT2D eigenvalue weighted by Gasteiger charge is -2.13. The maximum absolute atomic E-state index is 13.7. The van der Waals surface area contributed by atoms with Gasteiger partial charge in [-0.25, -0.2) is 8.78 Å². The van der Waals surface area contributed by atoms with Gasteiger partial charge in [-0.15, -0.1) is 0 Å². The predicted molar refractivity (Wildman–Crippen MR) is 103 cm³/mol. The molecule has 2 aromatic carbocycles. The van der Waals surface area contributed by atoms with Crippen LogP contribution in [0, 0.1) is 11.6 Å². The third-order valence-electron chi connectivity index (χ3n) is 3.80. The van der Waals surface area contributed by atoms with E-state index in [-0.39, 0.29) is 0 Å². The summed E-state index contributed by atoms with van der Waals surface area (Å²) in [5.41, 5.74) is 1.13. The highest BCUT2D eigenvalue weighted by Gasteiger charge is 2.07. The third kappa shape index (κ3) is 6.86. The summed E-state index contributed by atoms with van der Waals surface area (Å²) in [6, 6.07) is 11.7. The summed E-state index contributed by atoms with van der Waals surface area (Å²) < 4.78 is 37.6. The van der Waals surface area contributed by atoms with Crippen LogP contribution in [0.25, 0.3) is 0 Å². The summed E-state index contributed by atoms with van der Waals surface area (Å²) in [4.78, 5) is 4.14. The van der Waals surface area contributed by atoms with Gasteiger partial charge >= 0.3 is 0 Å². The van der Waals surface area contributed by atoms with Crippen LogP contribution < -0.4 is 15.4 Å². The fourth-order valence-electron chi connectivity index (χ4n) is 2.43. The van der Waals surface area contributed by atoms with E-state index in [0.29, 0.717) is 37.7 Å². The number of methoxy groups -OCH3 is 1. The van der Waals surface area contributed by atoms with Crippen LogP contribution in [0.2, 0.25) is 0 Å². The number of rotatable bonds is 9. The van der Waals surface area contributed by atoms with E-state index in [9.17, 15) is 8.78 Å². The fourth-order valence-corrected chi connectivity index (χ4v) is 2.43. The molecule has 0 fully saturated rings. The molecule has 0 unspecified atom stereocenters. The number of ether oxygens (including phenoxy) is 2. The van der Waals surface area contributed by atoms with Crippen molar-refractivity contribution in [1.29, 1.82) is 0 Å². The van der Waals surface area contributed by atoms with E-state index in [0.717, 1.165) is 23.9 Å². The van der Waals surface area contributed by atoms with Crippen molar-refractivity contribution in [3.8, 4) is 5.75 Å². The molecule has 0 aliphatic heterocycles. The third-order valence-corrected chi connectivity index (χ3v) is 3.80. The summed E-state index contributed by atoms with van der Waals surface area (Å²) in [7, 11) is 3.30. The molecule has 0 aromatic heterocycles. The number of aliphatic imine (C=N–C) groups is 1. The van der Waals surface area contributed by atoms with Crippen molar-refractivity contribution < 1.29 is 18.3 Å².